The summed E-state index contributed by atoms with van der Waals surface area (Å²) in [4.78, 5) is 26.0. The molecule has 1 aromatic heterocycles. The Balaban J connectivity index is 2.53. The van der Waals surface area contributed by atoms with Crippen molar-refractivity contribution in [2.24, 2.45) is 0 Å². The molecule has 17 heavy (non-hydrogen) atoms. The van der Waals surface area contributed by atoms with E-state index >= 15 is 0 Å². The average Bonchev–Trinajstić information content (AvgIpc) is 2.65. The van der Waals surface area contributed by atoms with Crippen molar-refractivity contribution in [3.8, 4) is 0 Å². The molecule has 0 fully saturated rings. The Morgan fingerprint density at radius 3 is 2.94 bits per heavy atom. The second kappa shape index (κ2) is 6.61. The van der Waals surface area contributed by atoms with Crippen LogP contribution >= 0.6 is 23.1 Å². The first-order chi connectivity index (χ1) is 8.02. The van der Waals surface area contributed by atoms with Gasteiger partial charge in [-0.05, 0) is 13.8 Å². The van der Waals surface area contributed by atoms with Crippen molar-refractivity contribution in [3.63, 3.8) is 0 Å². The number of hydrogen-bond donors (Lipinski definition) is 1. The monoisotopic (exact) mass is 275 g/mol. The number of carbonyl (C=O) groups is 2. The summed E-state index contributed by atoms with van der Waals surface area (Å²) in [6.07, 6.45) is 0.131. The number of carboxylic acids is 1. The van der Waals surface area contributed by atoms with Crippen LogP contribution in [0, 0.1) is 0 Å². The molecule has 1 aromatic rings. The highest BCUT2D eigenvalue weighted by molar-refractivity contribution is 8.02. The van der Waals surface area contributed by atoms with Gasteiger partial charge in [-0.1, -0.05) is 11.8 Å². The van der Waals surface area contributed by atoms with Crippen LogP contribution in [0.5, 0.6) is 0 Å². The molecule has 0 spiro atoms. The predicted molar refractivity (Wildman–Crippen MR) is 65.4 cm³/mol. The molecule has 0 amide bonds. The number of aliphatic carboxylic acids is 1. The van der Waals surface area contributed by atoms with Gasteiger partial charge in [0.2, 0.25) is 0 Å². The molecule has 0 aliphatic rings. The van der Waals surface area contributed by atoms with Gasteiger partial charge in [0.1, 0.15) is 5.25 Å². The summed E-state index contributed by atoms with van der Waals surface area (Å²) in [5, 5.41) is 9.95. The molecule has 0 aliphatic heterocycles. The lowest BCUT2D eigenvalue weighted by Crippen LogP contribution is -2.11. The molecule has 94 valence electrons. The Morgan fingerprint density at radius 1 is 1.65 bits per heavy atom. The zero-order chi connectivity index (χ0) is 12.8. The summed E-state index contributed by atoms with van der Waals surface area (Å²) in [6, 6.07) is 0. The number of rotatable bonds is 6. The topological polar surface area (TPSA) is 76.5 Å². The molecule has 1 unspecified atom stereocenters. The van der Waals surface area contributed by atoms with Gasteiger partial charge in [-0.3, -0.25) is 9.59 Å². The fourth-order valence-electron chi connectivity index (χ4n) is 0.985. The zero-order valence-electron chi connectivity index (χ0n) is 9.50. The van der Waals surface area contributed by atoms with E-state index in [1.54, 1.807) is 19.2 Å². The Morgan fingerprint density at radius 2 is 2.35 bits per heavy atom. The minimum Gasteiger partial charge on any atom is -0.480 e. The predicted octanol–water partition coefficient (Wildman–Crippen LogP) is 1.81. The van der Waals surface area contributed by atoms with Gasteiger partial charge in [-0.25, -0.2) is 4.98 Å². The van der Waals surface area contributed by atoms with Gasteiger partial charge in [-0.2, -0.15) is 0 Å². The van der Waals surface area contributed by atoms with E-state index in [9.17, 15) is 9.59 Å². The fraction of sp³-hybridized carbons (Fsp3) is 0.500. The lowest BCUT2D eigenvalue weighted by molar-refractivity contribution is -0.142. The first kappa shape index (κ1) is 14.0. The standard InChI is InChI=1S/C10H13NO4S2/c1-3-15-8(12)4-7-5-16-10(11-7)17-6(2)9(13)14/h5-6H,3-4H2,1-2H3,(H,13,14). The van der Waals surface area contributed by atoms with Crippen LogP contribution in [0.4, 0.5) is 0 Å². The van der Waals surface area contributed by atoms with Crippen LogP contribution in [0.2, 0.25) is 0 Å². The summed E-state index contributed by atoms with van der Waals surface area (Å²) in [7, 11) is 0. The first-order valence-corrected chi connectivity index (χ1v) is 6.78. The highest BCUT2D eigenvalue weighted by Gasteiger charge is 2.15. The van der Waals surface area contributed by atoms with Crippen molar-refractivity contribution < 1.29 is 19.4 Å². The maximum atomic E-state index is 11.2. The number of ether oxygens (including phenoxy) is 1. The molecule has 0 bridgehead atoms. The number of aromatic nitrogens is 1. The zero-order valence-corrected chi connectivity index (χ0v) is 11.1. The quantitative estimate of drug-likeness (QED) is 0.630. The third kappa shape index (κ3) is 4.74. The molecular formula is C10H13NO4S2. The molecule has 0 aliphatic carbocycles. The van der Waals surface area contributed by atoms with Crippen molar-refractivity contribution in [2.45, 2.75) is 29.9 Å². The van der Waals surface area contributed by atoms with Crippen LogP contribution in [-0.2, 0) is 20.7 Å². The van der Waals surface area contributed by atoms with Crippen LogP contribution in [0.25, 0.3) is 0 Å². The molecule has 1 rings (SSSR count). The number of nitrogens with zero attached hydrogens (tertiary/aromatic N) is 1. The van der Waals surface area contributed by atoms with Gasteiger partial charge >= 0.3 is 11.9 Å². The van der Waals surface area contributed by atoms with E-state index in [4.69, 9.17) is 9.84 Å². The molecule has 0 saturated carbocycles. The Bertz CT molecular complexity index is 405. The minimum atomic E-state index is -0.878. The van der Waals surface area contributed by atoms with Crippen LogP contribution in [0.1, 0.15) is 19.5 Å². The largest absolute Gasteiger partial charge is 0.480 e. The minimum absolute atomic E-state index is 0.131. The van der Waals surface area contributed by atoms with E-state index in [0.29, 0.717) is 16.6 Å². The third-order valence-electron chi connectivity index (χ3n) is 1.79. The van der Waals surface area contributed by atoms with Gasteiger partial charge in [0, 0.05) is 5.38 Å². The first-order valence-electron chi connectivity index (χ1n) is 5.02. The second-order valence-electron chi connectivity index (χ2n) is 3.18. The highest BCUT2D eigenvalue weighted by atomic mass is 32.2. The van der Waals surface area contributed by atoms with Crippen molar-refractivity contribution in [3.05, 3.63) is 11.1 Å². The van der Waals surface area contributed by atoms with Gasteiger partial charge in [-0.15, -0.1) is 11.3 Å². The summed E-state index contributed by atoms with van der Waals surface area (Å²) in [5.74, 6) is -1.20. The van der Waals surface area contributed by atoms with Crippen molar-refractivity contribution >= 4 is 35.0 Å². The Hall–Kier alpha value is -1.08. The fourth-order valence-corrected chi connectivity index (χ4v) is 2.90. The molecular weight excluding hydrogens is 262 g/mol. The van der Waals surface area contributed by atoms with E-state index in [0.717, 1.165) is 0 Å². The van der Waals surface area contributed by atoms with Crippen molar-refractivity contribution in [2.75, 3.05) is 6.61 Å². The summed E-state index contributed by atoms with van der Waals surface area (Å²) >= 11 is 2.50. The average molecular weight is 275 g/mol. The van der Waals surface area contributed by atoms with Gasteiger partial charge in [0.05, 0.1) is 18.7 Å². The Kier molecular flexibility index (Phi) is 5.43. The van der Waals surface area contributed by atoms with Crippen LogP contribution in [0.15, 0.2) is 9.72 Å². The van der Waals surface area contributed by atoms with Gasteiger partial charge < -0.3 is 9.84 Å². The molecule has 5 nitrogen and oxygen atoms in total. The van der Waals surface area contributed by atoms with Crippen molar-refractivity contribution in [1.29, 1.82) is 0 Å². The van der Waals surface area contributed by atoms with E-state index < -0.39 is 11.2 Å². The number of hydrogen-bond acceptors (Lipinski definition) is 6. The molecule has 1 heterocycles. The number of thioether (sulfide) groups is 1. The van der Waals surface area contributed by atoms with Gasteiger partial charge in [0.15, 0.2) is 4.34 Å². The number of carboxylic acid groups (broad SMARTS) is 1. The Labute approximate surface area is 107 Å². The van der Waals surface area contributed by atoms with Crippen LogP contribution in [-0.4, -0.2) is 33.9 Å². The molecule has 1 atom stereocenters. The summed E-state index contributed by atoms with van der Waals surface area (Å²) in [5.41, 5.74) is 0.619. The SMILES string of the molecule is CCOC(=O)Cc1csc(SC(C)C(=O)O)n1. The maximum absolute atomic E-state index is 11.2. The molecule has 7 heteroatoms. The lowest BCUT2D eigenvalue weighted by Gasteiger charge is -2.01. The van der Waals surface area contributed by atoms with Gasteiger partial charge in [0.25, 0.3) is 0 Å². The number of carbonyl (C=O) groups excluding carboxylic acids is 1. The van der Waals surface area contributed by atoms with Crippen LogP contribution in [0.3, 0.4) is 0 Å². The normalized spacial score (nSPS) is 12.1. The maximum Gasteiger partial charge on any atom is 0.316 e. The molecule has 1 N–H and O–H groups in total. The smallest absolute Gasteiger partial charge is 0.316 e. The lowest BCUT2D eigenvalue weighted by atomic mass is 10.3. The van der Waals surface area contributed by atoms with E-state index in [1.807, 2.05) is 0 Å². The third-order valence-corrected chi connectivity index (χ3v) is 3.90. The van der Waals surface area contributed by atoms with Crippen molar-refractivity contribution in [1.82, 2.24) is 4.98 Å². The molecule has 0 aromatic carbocycles. The summed E-state index contributed by atoms with van der Waals surface area (Å²) in [6.45, 7) is 3.69. The van der Waals surface area contributed by atoms with E-state index in [1.165, 1.54) is 23.1 Å². The second-order valence-corrected chi connectivity index (χ2v) is 5.63. The molecule has 0 saturated heterocycles. The highest BCUT2D eigenvalue weighted by Crippen LogP contribution is 2.27. The van der Waals surface area contributed by atoms with E-state index in [2.05, 4.69) is 4.98 Å². The van der Waals surface area contributed by atoms with Crippen LogP contribution < -0.4 is 0 Å². The molecule has 0 radical (unpaired) electrons. The number of thiazole rings is 1. The summed E-state index contributed by atoms with van der Waals surface area (Å²) < 4.78 is 5.45. The number of esters is 1. The van der Waals surface area contributed by atoms with E-state index in [-0.39, 0.29) is 12.4 Å².